The van der Waals surface area contributed by atoms with Crippen molar-refractivity contribution < 1.29 is 19.0 Å². The van der Waals surface area contributed by atoms with Crippen LogP contribution in [0.15, 0.2) is 24.5 Å². The van der Waals surface area contributed by atoms with Gasteiger partial charge in [-0.05, 0) is 37.3 Å². The standard InChI is InChI=1S/C20H20ClN5O4S/c1-11-6-12(13-7-16(21)23-9-15(13)28-3)14(8-22-11)17(27)24-18-25-26-19(31-18)30-20(2)4-5-29-10-20/h6-9H,4-5,10H2,1-3H3,(H,24,25,27)/t20-/m0/s1. The molecule has 4 heterocycles. The van der Waals surface area contributed by atoms with Gasteiger partial charge in [0.1, 0.15) is 16.5 Å². The molecule has 1 saturated heterocycles. The minimum absolute atomic E-state index is 0.284. The van der Waals surface area contributed by atoms with Gasteiger partial charge in [-0.3, -0.25) is 15.1 Å². The number of amides is 1. The molecule has 3 aromatic rings. The predicted molar refractivity (Wildman–Crippen MR) is 116 cm³/mol. The zero-order chi connectivity index (χ0) is 22.0. The molecule has 11 heteroatoms. The van der Waals surface area contributed by atoms with E-state index in [9.17, 15) is 4.79 Å². The molecule has 0 saturated carbocycles. The molecule has 1 atom stereocenters. The van der Waals surface area contributed by atoms with Gasteiger partial charge in [-0.1, -0.05) is 16.7 Å². The Morgan fingerprint density at radius 2 is 2.10 bits per heavy atom. The second-order valence-electron chi connectivity index (χ2n) is 7.26. The lowest BCUT2D eigenvalue weighted by Crippen LogP contribution is -2.32. The van der Waals surface area contributed by atoms with Crippen molar-refractivity contribution in [1.29, 1.82) is 0 Å². The van der Waals surface area contributed by atoms with Crippen LogP contribution in [0.3, 0.4) is 0 Å². The van der Waals surface area contributed by atoms with Crippen molar-refractivity contribution in [3.05, 3.63) is 40.9 Å². The first-order valence-corrected chi connectivity index (χ1v) is 10.6. The summed E-state index contributed by atoms with van der Waals surface area (Å²) in [6.07, 6.45) is 3.78. The highest BCUT2D eigenvalue weighted by molar-refractivity contribution is 7.17. The van der Waals surface area contributed by atoms with E-state index >= 15 is 0 Å². The Balaban J connectivity index is 1.60. The molecule has 31 heavy (non-hydrogen) atoms. The summed E-state index contributed by atoms with van der Waals surface area (Å²) in [6.45, 7) is 4.92. The zero-order valence-electron chi connectivity index (χ0n) is 17.1. The summed E-state index contributed by atoms with van der Waals surface area (Å²) in [5, 5.41) is 11.8. The predicted octanol–water partition coefficient (Wildman–Crippen LogP) is 3.78. The van der Waals surface area contributed by atoms with Gasteiger partial charge in [0, 0.05) is 29.4 Å². The van der Waals surface area contributed by atoms with Crippen LogP contribution in [0.25, 0.3) is 11.1 Å². The van der Waals surface area contributed by atoms with E-state index in [1.165, 1.54) is 19.5 Å². The summed E-state index contributed by atoms with van der Waals surface area (Å²) in [7, 11) is 1.53. The summed E-state index contributed by atoms with van der Waals surface area (Å²) in [5.74, 6) is 0.0956. The molecular weight excluding hydrogens is 442 g/mol. The Kier molecular flexibility index (Phi) is 6.03. The van der Waals surface area contributed by atoms with E-state index in [0.29, 0.717) is 46.0 Å². The van der Waals surface area contributed by atoms with Crippen LogP contribution >= 0.6 is 22.9 Å². The summed E-state index contributed by atoms with van der Waals surface area (Å²) >= 11 is 7.23. The van der Waals surface area contributed by atoms with Crippen LogP contribution in [0.2, 0.25) is 5.15 Å². The number of nitrogens with one attached hydrogen (secondary N) is 1. The van der Waals surface area contributed by atoms with Crippen molar-refractivity contribution in [1.82, 2.24) is 20.2 Å². The van der Waals surface area contributed by atoms with Gasteiger partial charge in [-0.25, -0.2) is 4.98 Å². The number of methoxy groups -OCH3 is 1. The number of aryl methyl sites for hydroxylation is 1. The number of hydrogen-bond acceptors (Lipinski definition) is 9. The number of ether oxygens (including phenoxy) is 3. The maximum Gasteiger partial charge on any atom is 0.296 e. The molecule has 162 valence electrons. The maximum atomic E-state index is 13.1. The van der Waals surface area contributed by atoms with Gasteiger partial charge in [0.05, 0.1) is 32.1 Å². The van der Waals surface area contributed by atoms with E-state index in [1.54, 1.807) is 12.1 Å². The van der Waals surface area contributed by atoms with Crippen LogP contribution in [0.4, 0.5) is 5.13 Å². The lowest BCUT2D eigenvalue weighted by Gasteiger charge is -2.20. The molecule has 0 unspecified atom stereocenters. The number of anilines is 1. The molecule has 1 aliphatic heterocycles. The van der Waals surface area contributed by atoms with Crippen LogP contribution in [0.1, 0.15) is 29.4 Å². The fourth-order valence-electron chi connectivity index (χ4n) is 3.16. The van der Waals surface area contributed by atoms with Crippen LogP contribution in [0, 0.1) is 6.92 Å². The smallest absolute Gasteiger partial charge is 0.296 e. The quantitative estimate of drug-likeness (QED) is 0.552. The van der Waals surface area contributed by atoms with E-state index in [0.717, 1.165) is 23.5 Å². The molecular formula is C20H20ClN5O4S. The summed E-state index contributed by atoms with van der Waals surface area (Å²) in [5.41, 5.74) is 1.88. The number of rotatable bonds is 6. The average Bonchev–Trinajstić information content (AvgIpc) is 3.36. The fourth-order valence-corrected chi connectivity index (χ4v) is 4.03. The van der Waals surface area contributed by atoms with Gasteiger partial charge in [0.15, 0.2) is 0 Å². The first-order chi connectivity index (χ1) is 14.9. The Hall–Kier alpha value is -2.82. The van der Waals surface area contributed by atoms with E-state index in [1.807, 2.05) is 13.8 Å². The topological polar surface area (TPSA) is 108 Å². The number of hydrogen-bond donors (Lipinski definition) is 1. The van der Waals surface area contributed by atoms with Crippen molar-refractivity contribution in [2.75, 3.05) is 25.6 Å². The van der Waals surface area contributed by atoms with Crippen molar-refractivity contribution in [2.45, 2.75) is 25.9 Å². The second-order valence-corrected chi connectivity index (χ2v) is 8.59. The molecule has 9 nitrogen and oxygen atoms in total. The Morgan fingerprint density at radius 3 is 2.84 bits per heavy atom. The average molecular weight is 462 g/mol. The fraction of sp³-hybridized carbons (Fsp3) is 0.350. The third kappa shape index (κ3) is 4.76. The third-order valence-electron chi connectivity index (χ3n) is 4.77. The third-order valence-corrected chi connectivity index (χ3v) is 5.70. The molecule has 0 spiro atoms. The first-order valence-electron chi connectivity index (χ1n) is 9.45. The van der Waals surface area contributed by atoms with Crippen LogP contribution in [0.5, 0.6) is 10.9 Å². The lowest BCUT2D eigenvalue weighted by molar-refractivity contribution is 0.0655. The van der Waals surface area contributed by atoms with E-state index in [2.05, 4.69) is 25.5 Å². The highest BCUT2D eigenvalue weighted by Crippen LogP contribution is 2.35. The van der Waals surface area contributed by atoms with E-state index in [4.69, 9.17) is 25.8 Å². The number of aromatic nitrogens is 4. The number of carbonyl (C=O) groups excluding carboxylic acids is 1. The minimum atomic E-state index is -0.438. The molecule has 1 fully saturated rings. The normalized spacial score (nSPS) is 18.1. The molecule has 0 radical (unpaired) electrons. The highest BCUT2D eigenvalue weighted by atomic mass is 35.5. The van der Waals surface area contributed by atoms with E-state index < -0.39 is 11.5 Å². The summed E-state index contributed by atoms with van der Waals surface area (Å²) < 4.78 is 16.7. The van der Waals surface area contributed by atoms with Crippen LogP contribution in [-0.4, -0.2) is 52.0 Å². The molecule has 1 N–H and O–H groups in total. The molecule has 0 aromatic carbocycles. The molecule has 1 amide bonds. The molecule has 0 bridgehead atoms. The minimum Gasteiger partial charge on any atom is -0.494 e. The van der Waals surface area contributed by atoms with Crippen molar-refractivity contribution in [2.24, 2.45) is 0 Å². The van der Waals surface area contributed by atoms with Gasteiger partial charge in [-0.2, -0.15) is 0 Å². The van der Waals surface area contributed by atoms with Gasteiger partial charge in [0.25, 0.3) is 11.1 Å². The van der Waals surface area contributed by atoms with Gasteiger partial charge in [-0.15, -0.1) is 5.10 Å². The lowest BCUT2D eigenvalue weighted by atomic mass is 10.0. The van der Waals surface area contributed by atoms with Gasteiger partial charge in [0.2, 0.25) is 5.13 Å². The maximum absolute atomic E-state index is 13.1. The number of pyridine rings is 2. The monoisotopic (exact) mass is 461 g/mol. The molecule has 0 aliphatic carbocycles. The number of halogens is 1. The van der Waals surface area contributed by atoms with Crippen LogP contribution in [-0.2, 0) is 4.74 Å². The van der Waals surface area contributed by atoms with Crippen molar-refractivity contribution in [3.8, 4) is 22.1 Å². The molecule has 3 aromatic heterocycles. The molecule has 1 aliphatic rings. The number of nitrogens with zero attached hydrogens (tertiary/aromatic N) is 4. The highest BCUT2D eigenvalue weighted by Gasteiger charge is 2.33. The van der Waals surface area contributed by atoms with Gasteiger partial charge >= 0.3 is 0 Å². The zero-order valence-corrected chi connectivity index (χ0v) is 18.7. The number of carbonyl (C=O) groups is 1. The van der Waals surface area contributed by atoms with E-state index in [-0.39, 0.29) is 5.15 Å². The molecule has 4 rings (SSSR count). The Morgan fingerprint density at radius 1 is 1.26 bits per heavy atom. The largest absolute Gasteiger partial charge is 0.494 e. The first kappa shape index (κ1) is 21.4. The van der Waals surface area contributed by atoms with Crippen LogP contribution < -0.4 is 14.8 Å². The Labute approximate surface area is 187 Å². The summed E-state index contributed by atoms with van der Waals surface area (Å²) in [4.78, 5) is 21.4. The summed E-state index contributed by atoms with van der Waals surface area (Å²) in [6, 6.07) is 3.44. The van der Waals surface area contributed by atoms with Crippen molar-refractivity contribution in [3.63, 3.8) is 0 Å². The van der Waals surface area contributed by atoms with Gasteiger partial charge < -0.3 is 14.2 Å². The Bertz CT molecular complexity index is 1120. The SMILES string of the molecule is COc1cnc(Cl)cc1-c1cc(C)ncc1C(=O)Nc1nnc(O[C@@]2(C)CCOC2)s1. The van der Waals surface area contributed by atoms with Crippen molar-refractivity contribution >= 4 is 34.0 Å². The second kappa shape index (κ2) is 8.74.